The second kappa shape index (κ2) is 4.86. The van der Waals surface area contributed by atoms with Crippen molar-refractivity contribution >= 4 is 11.6 Å². The Hall–Kier alpha value is -0.730. The van der Waals surface area contributed by atoms with Crippen LogP contribution in [0.4, 0.5) is 0 Å². The zero-order valence-electron chi connectivity index (χ0n) is 8.87. The first kappa shape index (κ1) is 10.8. The van der Waals surface area contributed by atoms with E-state index < -0.39 is 0 Å². The Morgan fingerprint density at radius 3 is 3.07 bits per heavy atom. The highest BCUT2D eigenvalue weighted by atomic mass is 35.5. The van der Waals surface area contributed by atoms with Gasteiger partial charge in [0.05, 0.1) is 6.10 Å². The molecule has 1 aromatic carbocycles. The lowest BCUT2D eigenvalue weighted by atomic mass is 10.0. The number of hydrogen-bond acceptors (Lipinski definition) is 2. The first-order chi connectivity index (χ1) is 7.25. The summed E-state index contributed by atoms with van der Waals surface area (Å²) in [7, 11) is 0. The average Bonchev–Trinajstić information content (AvgIpc) is 2.70. The van der Waals surface area contributed by atoms with Crippen LogP contribution in [-0.4, -0.2) is 19.2 Å². The van der Waals surface area contributed by atoms with Crippen LogP contribution in [0.3, 0.4) is 0 Å². The van der Waals surface area contributed by atoms with Gasteiger partial charge in [-0.25, -0.2) is 0 Å². The highest BCUT2D eigenvalue weighted by molar-refractivity contribution is 6.30. The molecular formula is C12H16ClNO. The van der Waals surface area contributed by atoms with E-state index in [2.05, 4.69) is 12.2 Å². The van der Waals surface area contributed by atoms with Gasteiger partial charge in [-0.2, -0.15) is 0 Å². The summed E-state index contributed by atoms with van der Waals surface area (Å²) in [4.78, 5) is 0. The first-order valence-corrected chi connectivity index (χ1v) is 5.76. The van der Waals surface area contributed by atoms with Crippen molar-refractivity contribution in [2.24, 2.45) is 5.92 Å². The molecule has 1 heterocycles. The minimum Gasteiger partial charge on any atom is -0.490 e. The van der Waals surface area contributed by atoms with E-state index in [1.54, 1.807) is 0 Å². The number of nitrogens with one attached hydrogen (secondary N) is 1. The van der Waals surface area contributed by atoms with Crippen LogP contribution in [-0.2, 0) is 0 Å². The molecule has 82 valence electrons. The summed E-state index contributed by atoms with van der Waals surface area (Å²) in [6.45, 7) is 4.29. The highest BCUT2D eigenvalue weighted by Gasteiger charge is 2.22. The number of rotatable bonds is 3. The van der Waals surface area contributed by atoms with Crippen molar-refractivity contribution in [2.45, 2.75) is 19.4 Å². The number of halogens is 1. The van der Waals surface area contributed by atoms with Crippen LogP contribution in [0.2, 0.25) is 5.02 Å². The maximum atomic E-state index is 5.90. The molecule has 0 saturated carbocycles. The number of ether oxygens (including phenoxy) is 1. The molecule has 2 atom stereocenters. The molecular weight excluding hydrogens is 210 g/mol. The monoisotopic (exact) mass is 225 g/mol. The summed E-state index contributed by atoms with van der Waals surface area (Å²) in [6, 6.07) is 7.58. The van der Waals surface area contributed by atoms with Gasteiger partial charge in [-0.3, -0.25) is 0 Å². The van der Waals surface area contributed by atoms with Crippen LogP contribution >= 0.6 is 11.6 Å². The van der Waals surface area contributed by atoms with Gasteiger partial charge in [0.25, 0.3) is 0 Å². The van der Waals surface area contributed by atoms with Crippen molar-refractivity contribution in [2.75, 3.05) is 13.1 Å². The first-order valence-electron chi connectivity index (χ1n) is 5.38. The SMILES string of the molecule is CC(Oc1cccc(Cl)c1)C1CCNC1. The largest absolute Gasteiger partial charge is 0.490 e. The fourth-order valence-electron chi connectivity index (χ4n) is 1.93. The van der Waals surface area contributed by atoms with Gasteiger partial charge in [0.15, 0.2) is 0 Å². The molecule has 2 unspecified atom stereocenters. The van der Waals surface area contributed by atoms with Gasteiger partial charge in [-0.1, -0.05) is 17.7 Å². The minimum atomic E-state index is 0.249. The van der Waals surface area contributed by atoms with E-state index in [4.69, 9.17) is 16.3 Å². The van der Waals surface area contributed by atoms with Gasteiger partial charge in [0.1, 0.15) is 5.75 Å². The molecule has 1 aromatic rings. The molecule has 2 rings (SSSR count). The molecule has 1 aliphatic heterocycles. The van der Waals surface area contributed by atoms with Crippen LogP contribution in [0.1, 0.15) is 13.3 Å². The maximum Gasteiger partial charge on any atom is 0.121 e. The van der Waals surface area contributed by atoms with E-state index in [0.717, 1.165) is 23.9 Å². The topological polar surface area (TPSA) is 21.3 Å². The summed E-state index contributed by atoms with van der Waals surface area (Å²) in [6.07, 6.45) is 1.44. The lowest BCUT2D eigenvalue weighted by Gasteiger charge is -2.20. The minimum absolute atomic E-state index is 0.249. The number of benzene rings is 1. The molecule has 0 bridgehead atoms. The molecule has 0 spiro atoms. The van der Waals surface area contributed by atoms with Crippen molar-refractivity contribution in [3.63, 3.8) is 0 Å². The molecule has 0 radical (unpaired) electrons. The molecule has 0 amide bonds. The molecule has 1 N–H and O–H groups in total. The van der Waals surface area contributed by atoms with E-state index in [0.29, 0.717) is 5.92 Å². The van der Waals surface area contributed by atoms with E-state index >= 15 is 0 Å². The Bertz CT molecular complexity index is 323. The lowest BCUT2D eigenvalue weighted by molar-refractivity contribution is 0.161. The molecule has 1 aliphatic rings. The molecule has 3 heteroatoms. The van der Waals surface area contributed by atoms with Gasteiger partial charge < -0.3 is 10.1 Å². The zero-order valence-corrected chi connectivity index (χ0v) is 9.63. The van der Waals surface area contributed by atoms with E-state index in [9.17, 15) is 0 Å². The highest BCUT2D eigenvalue weighted by Crippen LogP contribution is 2.22. The number of hydrogen-bond donors (Lipinski definition) is 1. The summed E-state index contributed by atoms with van der Waals surface area (Å²) in [5.41, 5.74) is 0. The van der Waals surface area contributed by atoms with Crippen LogP contribution in [0.15, 0.2) is 24.3 Å². The van der Waals surface area contributed by atoms with Gasteiger partial charge in [0, 0.05) is 17.5 Å². The zero-order chi connectivity index (χ0) is 10.7. The van der Waals surface area contributed by atoms with Crippen LogP contribution in [0.25, 0.3) is 0 Å². The third-order valence-electron chi connectivity index (χ3n) is 2.88. The summed E-state index contributed by atoms with van der Waals surface area (Å²) in [5.74, 6) is 1.48. The van der Waals surface area contributed by atoms with Gasteiger partial charge in [-0.05, 0) is 38.1 Å². The smallest absolute Gasteiger partial charge is 0.121 e. The summed E-state index contributed by atoms with van der Waals surface area (Å²) < 4.78 is 5.85. The quantitative estimate of drug-likeness (QED) is 0.854. The second-order valence-corrected chi connectivity index (χ2v) is 4.47. The standard InChI is InChI=1S/C12H16ClNO/c1-9(10-5-6-14-8-10)15-12-4-2-3-11(13)7-12/h2-4,7,9-10,14H,5-6,8H2,1H3. The fraction of sp³-hybridized carbons (Fsp3) is 0.500. The van der Waals surface area contributed by atoms with Crippen molar-refractivity contribution < 1.29 is 4.74 Å². The molecule has 2 nitrogen and oxygen atoms in total. The predicted molar refractivity (Wildman–Crippen MR) is 62.5 cm³/mol. The maximum absolute atomic E-state index is 5.90. The predicted octanol–water partition coefficient (Wildman–Crippen LogP) is 2.72. The fourth-order valence-corrected chi connectivity index (χ4v) is 2.11. The van der Waals surface area contributed by atoms with Crippen molar-refractivity contribution in [1.82, 2.24) is 5.32 Å². The molecule has 15 heavy (non-hydrogen) atoms. The summed E-state index contributed by atoms with van der Waals surface area (Å²) in [5, 5.41) is 4.07. The Labute approximate surface area is 95.6 Å². The Morgan fingerprint density at radius 1 is 1.53 bits per heavy atom. The Morgan fingerprint density at radius 2 is 2.40 bits per heavy atom. The molecule has 1 fully saturated rings. The van der Waals surface area contributed by atoms with Gasteiger partial charge in [0.2, 0.25) is 0 Å². The van der Waals surface area contributed by atoms with E-state index in [1.165, 1.54) is 6.42 Å². The third kappa shape index (κ3) is 2.86. The Kier molecular flexibility index (Phi) is 3.49. The van der Waals surface area contributed by atoms with Crippen molar-refractivity contribution in [3.8, 4) is 5.75 Å². The Balaban J connectivity index is 1.95. The van der Waals surface area contributed by atoms with Crippen LogP contribution in [0, 0.1) is 5.92 Å². The van der Waals surface area contributed by atoms with E-state index in [-0.39, 0.29) is 6.10 Å². The molecule has 0 aliphatic carbocycles. The third-order valence-corrected chi connectivity index (χ3v) is 3.12. The van der Waals surface area contributed by atoms with E-state index in [1.807, 2.05) is 24.3 Å². The van der Waals surface area contributed by atoms with Crippen LogP contribution in [0.5, 0.6) is 5.75 Å². The van der Waals surface area contributed by atoms with Gasteiger partial charge >= 0.3 is 0 Å². The molecule has 0 aromatic heterocycles. The van der Waals surface area contributed by atoms with Crippen molar-refractivity contribution in [3.05, 3.63) is 29.3 Å². The summed E-state index contributed by atoms with van der Waals surface area (Å²) >= 11 is 5.90. The van der Waals surface area contributed by atoms with Gasteiger partial charge in [-0.15, -0.1) is 0 Å². The van der Waals surface area contributed by atoms with Crippen molar-refractivity contribution in [1.29, 1.82) is 0 Å². The average molecular weight is 226 g/mol. The van der Waals surface area contributed by atoms with Crippen LogP contribution < -0.4 is 10.1 Å². The normalized spacial score (nSPS) is 22.7. The lowest BCUT2D eigenvalue weighted by Crippen LogP contribution is -2.25. The second-order valence-electron chi connectivity index (χ2n) is 4.03. The molecule has 1 saturated heterocycles.